The summed E-state index contributed by atoms with van der Waals surface area (Å²) in [7, 11) is -0.111. The van der Waals surface area contributed by atoms with Crippen molar-refractivity contribution < 1.29 is 13.2 Å². The summed E-state index contributed by atoms with van der Waals surface area (Å²) in [6.45, 7) is 6.34. The number of anilines is 2. The normalized spacial score (nSPS) is 11.3. The van der Waals surface area contributed by atoms with Crippen LogP contribution in [0.2, 0.25) is 0 Å². The van der Waals surface area contributed by atoms with Crippen LogP contribution in [-0.2, 0) is 10.2 Å². The van der Waals surface area contributed by atoms with Crippen LogP contribution in [0.15, 0.2) is 65.7 Å². The second kappa shape index (κ2) is 12.0. The zero-order valence-corrected chi connectivity index (χ0v) is 20.0. The minimum Gasteiger partial charge on any atom is -0.494 e. The van der Waals surface area contributed by atoms with Crippen molar-refractivity contribution in [1.29, 1.82) is 0 Å². The van der Waals surface area contributed by atoms with Gasteiger partial charge in [0.15, 0.2) is 0 Å². The molecule has 0 spiro atoms. The van der Waals surface area contributed by atoms with Gasteiger partial charge in [-0.15, -0.1) is 6.58 Å². The molecule has 30 heavy (non-hydrogen) atoms. The standard InChI is InChI=1S/C22H30BrN3O3S/c1-4-16-25(2)17-6-5-7-18-29-22-14-12-21(13-15-22)26(3)30(27,28)24-20-10-8-19(23)9-11-20/h4,8-15,24H,1,5-7,16-18H2,2-3H3. The first-order chi connectivity index (χ1) is 14.3. The Morgan fingerprint density at radius 3 is 2.33 bits per heavy atom. The van der Waals surface area contributed by atoms with E-state index in [9.17, 15) is 8.42 Å². The van der Waals surface area contributed by atoms with Gasteiger partial charge < -0.3 is 9.64 Å². The second-order valence-corrected chi connectivity index (χ2v) is 9.65. The molecule has 6 nitrogen and oxygen atoms in total. The van der Waals surface area contributed by atoms with Gasteiger partial charge in [-0.25, -0.2) is 0 Å². The average molecular weight is 496 g/mol. The van der Waals surface area contributed by atoms with E-state index in [1.165, 1.54) is 11.4 Å². The van der Waals surface area contributed by atoms with Crippen molar-refractivity contribution in [3.8, 4) is 5.75 Å². The van der Waals surface area contributed by atoms with Crippen molar-refractivity contribution in [2.75, 3.05) is 42.8 Å². The van der Waals surface area contributed by atoms with Crippen LogP contribution in [0.4, 0.5) is 11.4 Å². The summed E-state index contributed by atoms with van der Waals surface area (Å²) in [6.07, 6.45) is 5.12. The first kappa shape index (κ1) is 24.2. The van der Waals surface area contributed by atoms with Crippen molar-refractivity contribution >= 4 is 37.5 Å². The van der Waals surface area contributed by atoms with Gasteiger partial charge in [-0.05, 0) is 81.4 Å². The maximum absolute atomic E-state index is 12.6. The summed E-state index contributed by atoms with van der Waals surface area (Å²) in [5.41, 5.74) is 1.05. The highest BCUT2D eigenvalue weighted by Gasteiger charge is 2.18. The summed E-state index contributed by atoms with van der Waals surface area (Å²) < 4.78 is 35.6. The maximum Gasteiger partial charge on any atom is 0.323 e. The number of benzene rings is 2. The topological polar surface area (TPSA) is 61.9 Å². The number of rotatable bonds is 13. The van der Waals surface area contributed by atoms with E-state index in [0.717, 1.165) is 42.6 Å². The van der Waals surface area contributed by atoms with Crippen LogP contribution in [0.5, 0.6) is 5.75 Å². The van der Waals surface area contributed by atoms with Gasteiger partial charge in [0.2, 0.25) is 0 Å². The molecular formula is C22H30BrN3O3S. The van der Waals surface area contributed by atoms with Crippen molar-refractivity contribution in [3.63, 3.8) is 0 Å². The third-order valence-electron chi connectivity index (χ3n) is 4.55. The second-order valence-electron chi connectivity index (χ2n) is 7.04. The summed E-state index contributed by atoms with van der Waals surface area (Å²) in [5.74, 6) is 0.731. The van der Waals surface area contributed by atoms with Gasteiger partial charge in [-0.1, -0.05) is 22.0 Å². The first-order valence-electron chi connectivity index (χ1n) is 9.86. The smallest absolute Gasteiger partial charge is 0.323 e. The van der Waals surface area contributed by atoms with Gasteiger partial charge in [-0.3, -0.25) is 9.03 Å². The lowest BCUT2D eigenvalue weighted by molar-refractivity contribution is 0.296. The lowest BCUT2D eigenvalue weighted by Gasteiger charge is -2.20. The SMILES string of the molecule is C=CCN(C)CCCCCOc1ccc(N(C)S(=O)(=O)Nc2ccc(Br)cc2)cc1. The van der Waals surface area contributed by atoms with E-state index in [-0.39, 0.29) is 0 Å². The molecular weight excluding hydrogens is 466 g/mol. The molecule has 2 aromatic carbocycles. The fourth-order valence-corrected chi connectivity index (χ4v) is 4.02. The van der Waals surface area contributed by atoms with Crippen LogP contribution < -0.4 is 13.8 Å². The molecule has 0 fully saturated rings. The monoisotopic (exact) mass is 495 g/mol. The van der Waals surface area contributed by atoms with Crippen molar-refractivity contribution in [2.45, 2.75) is 19.3 Å². The van der Waals surface area contributed by atoms with Crippen LogP contribution in [0.3, 0.4) is 0 Å². The Kier molecular flexibility index (Phi) is 9.68. The van der Waals surface area contributed by atoms with E-state index in [0.29, 0.717) is 18.0 Å². The molecule has 0 aliphatic carbocycles. The molecule has 0 bridgehead atoms. The van der Waals surface area contributed by atoms with Crippen molar-refractivity contribution in [3.05, 3.63) is 65.7 Å². The zero-order valence-electron chi connectivity index (χ0n) is 17.6. The largest absolute Gasteiger partial charge is 0.494 e. The predicted molar refractivity (Wildman–Crippen MR) is 129 cm³/mol. The Labute approximate surface area is 188 Å². The Balaban J connectivity index is 1.80. The summed E-state index contributed by atoms with van der Waals surface area (Å²) in [5, 5.41) is 0. The van der Waals surface area contributed by atoms with Crippen molar-refractivity contribution in [2.24, 2.45) is 0 Å². The quantitative estimate of drug-likeness (QED) is 0.316. The van der Waals surface area contributed by atoms with E-state index in [4.69, 9.17) is 4.74 Å². The number of hydrogen-bond acceptors (Lipinski definition) is 4. The van der Waals surface area contributed by atoms with Gasteiger partial charge in [-0.2, -0.15) is 8.42 Å². The first-order valence-corrected chi connectivity index (χ1v) is 12.1. The van der Waals surface area contributed by atoms with Crippen LogP contribution in [0.1, 0.15) is 19.3 Å². The number of ether oxygens (including phenoxy) is 1. The minimum absolute atomic E-state index is 0.501. The molecule has 0 atom stereocenters. The highest BCUT2D eigenvalue weighted by Crippen LogP contribution is 2.22. The molecule has 8 heteroatoms. The number of nitrogens with one attached hydrogen (secondary N) is 1. The lowest BCUT2D eigenvalue weighted by atomic mass is 10.2. The Bertz CT molecular complexity index is 887. The van der Waals surface area contributed by atoms with E-state index in [1.54, 1.807) is 48.5 Å². The van der Waals surface area contributed by atoms with Gasteiger partial charge in [0, 0.05) is 18.1 Å². The zero-order chi connectivity index (χ0) is 22.0. The van der Waals surface area contributed by atoms with Gasteiger partial charge in [0.25, 0.3) is 0 Å². The lowest BCUT2D eigenvalue weighted by Crippen LogP contribution is -2.32. The molecule has 0 radical (unpaired) electrons. The summed E-state index contributed by atoms with van der Waals surface area (Å²) in [4.78, 5) is 2.24. The molecule has 0 aliphatic heterocycles. The Morgan fingerprint density at radius 1 is 1.03 bits per heavy atom. The summed E-state index contributed by atoms with van der Waals surface area (Å²) >= 11 is 3.33. The fourth-order valence-electron chi connectivity index (χ4n) is 2.79. The van der Waals surface area contributed by atoms with Gasteiger partial charge in [0.05, 0.1) is 18.0 Å². The molecule has 1 N–H and O–H groups in total. The molecule has 2 aromatic rings. The Hall–Kier alpha value is -2.03. The van der Waals surface area contributed by atoms with E-state index < -0.39 is 10.2 Å². The number of hydrogen-bond donors (Lipinski definition) is 1. The fraction of sp³-hybridized carbons (Fsp3) is 0.364. The van der Waals surface area contributed by atoms with E-state index in [2.05, 4.69) is 39.2 Å². The molecule has 2 rings (SSSR count). The molecule has 0 heterocycles. The molecule has 0 aromatic heterocycles. The number of nitrogens with zero attached hydrogens (tertiary/aromatic N) is 2. The number of unbranched alkanes of at least 4 members (excludes halogenated alkanes) is 2. The van der Waals surface area contributed by atoms with Gasteiger partial charge in [0.1, 0.15) is 5.75 Å². The van der Waals surface area contributed by atoms with Crippen LogP contribution in [0.25, 0.3) is 0 Å². The third kappa shape index (κ3) is 8.01. The number of halogens is 1. The minimum atomic E-state index is -3.71. The van der Waals surface area contributed by atoms with Crippen molar-refractivity contribution in [1.82, 2.24) is 4.90 Å². The average Bonchev–Trinajstić information content (AvgIpc) is 2.72. The van der Waals surface area contributed by atoms with Gasteiger partial charge >= 0.3 is 10.2 Å². The predicted octanol–water partition coefficient (Wildman–Crippen LogP) is 4.91. The number of likely N-dealkylation sites (N-methyl/N-ethyl adjacent to an activating group) is 1. The molecule has 0 saturated carbocycles. The summed E-state index contributed by atoms with van der Waals surface area (Å²) in [6, 6.07) is 14.0. The van der Waals surface area contributed by atoms with Crippen LogP contribution in [-0.4, -0.2) is 47.1 Å². The molecule has 0 amide bonds. The van der Waals surface area contributed by atoms with E-state index in [1.807, 2.05) is 6.08 Å². The Morgan fingerprint density at radius 2 is 1.70 bits per heavy atom. The van der Waals surface area contributed by atoms with Crippen LogP contribution in [0, 0.1) is 0 Å². The molecule has 164 valence electrons. The maximum atomic E-state index is 12.6. The third-order valence-corrected chi connectivity index (χ3v) is 6.50. The molecule has 0 unspecified atom stereocenters. The molecule has 0 saturated heterocycles. The van der Waals surface area contributed by atoms with Crippen LogP contribution >= 0.6 is 15.9 Å². The highest BCUT2D eigenvalue weighted by atomic mass is 79.9. The molecule has 0 aliphatic rings. The van der Waals surface area contributed by atoms with E-state index >= 15 is 0 Å². The highest BCUT2D eigenvalue weighted by molar-refractivity contribution is 9.10.